The van der Waals surface area contributed by atoms with E-state index >= 15 is 0 Å². The zero-order chi connectivity index (χ0) is 10.6. The lowest BCUT2D eigenvalue weighted by molar-refractivity contribution is -0.154. The minimum Gasteiger partial charge on any atom is -0.460 e. The van der Waals surface area contributed by atoms with Gasteiger partial charge in [-0.15, -0.1) is 0 Å². The lowest BCUT2D eigenvalue weighted by Gasteiger charge is -2.19. The Balaban J connectivity index is 2.50. The lowest BCUT2D eigenvalue weighted by Crippen LogP contribution is -2.25. The van der Waals surface area contributed by atoms with Gasteiger partial charge in [0.1, 0.15) is 5.60 Å². The first kappa shape index (κ1) is 10.6. The zero-order valence-electron chi connectivity index (χ0n) is 8.65. The van der Waals surface area contributed by atoms with Crippen LogP contribution in [-0.4, -0.2) is 21.5 Å². The molecular formula is C10H14N2O2. The number of hydrogen-bond donors (Lipinski definition) is 0. The lowest BCUT2D eigenvalue weighted by atomic mass is 10.2. The van der Waals surface area contributed by atoms with Crippen LogP contribution in [0.3, 0.4) is 0 Å². The van der Waals surface area contributed by atoms with Gasteiger partial charge in [0, 0.05) is 18.6 Å². The number of nitrogens with zero attached hydrogens (tertiary/aromatic N) is 2. The van der Waals surface area contributed by atoms with Gasteiger partial charge in [-0.05, 0) is 20.8 Å². The number of carbonyl (C=O) groups is 1. The Bertz CT molecular complexity index is 304. The first-order chi connectivity index (χ1) is 6.47. The van der Waals surface area contributed by atoms with Crippen molar-refractivity contribution in [1.29, 1.82) is 0 Å². The van der Waals surface area contributed by atoms with Gasteiger partial charge in [0.2, 0.25) is 0 Å². The van der Waals surface area contributed by atoms with Crippen LogP contribution >= 0.6 is 0 Å². The molecule has 1 aromatic rings. The van der Waals surface area contributed by atoms with E-state index in [1.807, 2.05) is 20.8 Å². The Kier molecular flexibility index (Phi) is 3.17. The van der Waals surface area contributed by atoms with E-state index < -0.39 is 5.60 Å². The van der Waals surface area contributed by atoms with E-state index in [1.54, 1.807) is 18.6 Å². The second-order valence-corrected chi connectivity index (χ2v) is 3.96. The summed E-state index contributed by atoms with van der Waals surface area (Å²) in [7, 11) is 0. The van der Waals surface area contributed by atoms with Crippen LogP contribution in [0, 0.1) is 0 Å². The number of rotatable bonds is 2. The maximum atomic E-state index is 11.3. The molecule has 0 N–H and O–H groups in total. The summed E-state index contributed by atoms with van der Waals surface area (Å²) in [6.45, 7) is 5.50. The molecule has 1 rings (SSSR count). The summed E-state index contributed by atoms with van der Waals surface area (Å²) in [5, 5.41) is 0. The first-order valence-corrected chi connectivity index (χ1v) is 4.44. The van der Waals surface area contributed by atoms with Gasteiger partial charge in [-0.3, -0.25) is 14.8 Å². The van der Waals surface area contributed by atoms with Crippen LogP contribution in [0.25, 0.3) is 0 Å². The van der Waals surface area contributed by atoms with Crippen molar-refractivity contribution in [2.24, 2.45) is 0 Å². The number of esters is 1. The Hall–Kier alpha value is -1.45. The maximum Gasteiger partial charge on any atom is 0.312 e. The second-order valence-electron chi connectivity index (χ2n) is 3.96. The molecule has 14 heavy (non-hydrogen) atoms. The smallest absolute Gasteiger partial charge is 0.312 e. The number of hydrogen-bond acceptors (Lipinski definition) is 4. The average Bonchev–Trinajstić information content (AvgIpc) is 2.02. The van der Waals surface area contributed by atoms with Crippen LogP contribution in [0.4, 0.5) is 0 Å². The van der Waals surface area contributed by atoms with Crippen molar-refractivity contribution in [3.05, 3.63) is 24.3 Å². The minimum atomic E-state index is -0.445. The van der Waals surface area contributed by atoms with E-state index in [0.29, 0.717) is 5.69 Å². The molecule has 0 aromatic carbocycles. The summed E-state index contributed by atoms with van der Waals surface area (Å²) in [6, 6.07) is 0. The standard InChI is InChI=1S/C10H14N2O2/c1-10(2,3)14-9(13)6-8-7-11-4-5-12-8/h4-5,7H,6H2,1-3H3. The largest absolute Gasteiger partial charge is 0.460 e. The molecule has 0 bridgehead atoms. The third kappa shape index (κ3) is 3.98. The molecule has 0 atom stereocenters. The highest BCUT2D eigenvalue weighted by molar-refractivity contribution is 5.72. The van der Waals surface area contributed by atoms with Gasteiger partial charge in [0.25, 0.3) is 0 Å². The number of ether oxygens (including phenoxy) is 1. The fourth-order valence-electron chi connectivity index (χ4n) is 0.947. The van der Waals surface area contributed by atoms with Crippen LogP contribution in [-0.2, 0) is 16.0 Å². The fourth-order valence-corrected chi connectivity index (χ4v) is 0.947. The summed E-state index contributed by atoms with van der Waals surface area (Å²) in [6.07, 6.45) is 4.85. The van der Waals surface area contributed by atoms with E-state index in [2.05, 4.69) is 9.97 Å². The molecule has 1 heterocycles. The van der Waals surface area contributed by atoms with Crippen molar-refractivity contribution >= 4 is 5.97 Å². The Morgan fingerprint density at radius 2 is 2.14 bits per heavy atom. The molecule has 0 saturated heterocycles. The molecule has 0 unspecified atom stereocenters. The molecule has 0 aliphatic heterocycles. The first-order valence-electron chi connectivity index (χ1n) is 4.44. The molecule has 0 amide bonds. The van der Waals surface area contributed by atoms with Crippen molar-refractivity contribution in [3.8, 4) is 0 Å². The summed E-state index contributed by atoms with van der Waals surface area (Å²) < 4.78 is 5.13. The fraction of sp³-hybridized carbons (Fsp3) is 0.500. The van der Waals surface area contributed by atoms with Crippen molar-refractivity contribution in [3.63, 3.8) is 0 Å². The Labute approximate surface area is 83.3 Å². The summed E-state index contributed by atoms with van der Waals surface area (Å²) in [5.41, 5.74) is 0.181. The number of aromatic nitrogens is 2. The average molecular weight is 194 g/mol. The predicted octanol–water partition coefficient (Wildman–Crippen LogP) is 1.36. The van der Waals surface area contributed by atoms with Crippen LogP contribution in [0.15, 0.2) is 18.6 Å². The third-order valence-corrected chi connectivity index (χ3v) is 1.36. The van der Waals surface area contributed by atoms with Gasteiger partial charge < -0.3 is 4.74 Å². The quantitative estimate of drug-likeness (QED) is 0.667. The normalized spacial score (nSPS) is 11.1. The zero-order valence-corrected chi connectivity index (χ0v) is 8.65. The van der Waals surface area contributed by atoms with Crippen molar-refractivity contribution in [1.82, 2.24) is 9.97 Å². The van der Waals surface area contributed by atoms with Crippen LogP contribution < -0.4 is 0 Å². The predicted molar refractivity (Wildman–Crippen MR) is 51.6 cm³/mol. The molecule has 0 aliphatic rings. The molecular weight excluding hydrogens is 180 g/mol. The maximum absolute atomic E-state index is 11.3. The van der Waals surface area contributed by atoms with Crippen molar-refractivity contribution < 1.29 is 9.53 Å². The van der Waals surface area contributed by atoms with Crippen LogP contribution in [0.5, 0.6) is 0 Å². The Morgan fingerprint density at radius 1 is 1.43 bits per heavy atom. The van der Waals surface area contributed by atoms with Gasteiger partial charge >= 0.3 is 5.97 Å². The van der Waals surface area contributed by atoms with Crippen molar-refractivity contribution in [2.75, 3.05) is 0 Å². The van der Waals surface area contributed by atoms with Gasteiger partial charge in [-0.1, -0.05) is 0 Å². The molecule has 0 saturated carbocycles. The van der Waals surface area contributed by atoms with E-state index in [9.17, 15) is 4.79 Å². The van der Waals surface area contributed by atoms with Gasteiger partial charge in [0.15, 0.2) is 0 Å². The summed E-state index contributed by atoms with van der Waals surface area (Å²) in [5.74, 6) is -0.280. The van der Waals surface area contributed by atoms with Crippen LogP contribution in [0.1, 0.15) is 26.5 Å². The third-order valence-electron chi connectivity index (χ3n) is 1.36. The molecule has 0 aliphatic carbocycles. The molecule has 4 heteroatoms. The van der Waals surface area contributed by atoms with E-state index in [1.165, 1.54) is 0 Å². The molecule has 0 fully saturated rings. The van der Waals surface area contributed by atoms with Crippen LogP contribution in [0.2, 0.25) is 0 Å². The summed E-state index contributed by atoms with van der Waals surface area (Å²) >= 11 is 0. The second kappa shape index (κ2) is 4.17. The molecule has 0 radical (unpaired) electrons. The molecule has 0 spiro atoms. The van der Waals surface area contributed by atoms with Gasteiger partial charge in [-0.2, -0.15) is 0 Å². The monoisotopic (exact) mass is 194 g/mol. The molecule has 4 nitrogen and oxygen atoms in total. The van der Waals surface area contributed by atoms with Crippen molar-refractivity contribution in [2.45, 2.75) is 32.8 Å². The highest BCUT2D eigenvalue weighted by Gasteiger charge is 2.16. The summed E-state index contributed by atoms with van der Waals surface area (Å²) in [4.78, 5) is 19.2. The van der Waals surface area contributed by atoms with E-state index in [-0.39, 0.29) is 12.4 Å². The van der Waals surface area contributed by atoms with E-state index in [0.717, 1.165) is 0 Å². The topological polar surface area (TPSA) is 52.1 Å². The highest BCUT2D eigenvalue weighted by Crippen LogP contribution is 2.08. The molecule has 76 valence electrons. The SMILES string of the molecule is CC(C)(C)OC(=O)Cc1cnccn1. The Morgan fingerprint density at radius 3 is 2.64 bits per heavy atom. The van der Waals surface area contributed by atoms with E-state index in [4.69, 9.17) is 4.74 Å². The van der Waals surface area contributed by atoms with Gasteiger partial charge in [0.05, 0.1) is 12.1 Å². The number of carbonyl (C=O) groups excluding carboxylic acids is 1. The minimum absolute atomic E-state index is 0.172. The highest BCUT2D eigenvalue weighted by atomic mass is 16.6. The molecule has 1 aromatic heterocycles. The van der Waals surface area contributed by atoms with Gasteiger partial charge in [-0.25, -0.2) is 0 Å².